The number of methoxy groups -OCH3 is 1. The number of likely N-dealkylation sites (tertiary alicyclic amines) is 1. The van der Waals surface area contributed by atoms with Crippen molar-refractivity contribution >= 4 is 11.6 Å². The molecular formula is C23H26N2O3. The van der Waals surface area contributed by atoms with Crippen LogP contribution in [0.2, 0.25) is 0 Å². The maximum absolute atomic E-state index is 13.0. The van der Waals surface area contributed by atoms with Crippen LogP contribution in [0.1, 0.15) is 29.9 Å². The van der Waals surface area contributed by atoms with Crippen molar-refractivity contribution < 1.29 is 14.6 Å². The van der Waals surface area contributed by atoms with Crippen molar-refractivity contribution in [3.63, 3.8) is 0 Å². The molecule has 1 saturated carbocycles. The van der Waals surface area contributed by atoms with Crippen molar-refractivity contribution in [2.75, 3.05) is 25.2 Å². The summed E-state index contributed by atoms with van der Waals surface area (Å²) in [6.45, 7) is 1.52. The monoisotopic (exact) mass is 378 g/mol. The molecule has 3 atom stereocenters. The summed E-state index contributed by atoms with van der Waals surface area (Å²) < 4.78 is 5.52. The van der Waals surface area contributed by atoms with E-state index in [1.54, 1.807) is 7.11 Å². The molecule has 1 amide bonds. The lowest BCUT2D eigenvalue weighted by Crippen LogP contribution is -2.68. The second kappa shape index (κ2) is 6.90. The molecule has 1 saturated heterocycles. The molecule has 0 aromatic heterocycles. The number of fused-ring (bicyclic) bond motifs is 3. The number of carbonyl (C=O) groups is 1. The summed E-state index contributed by atoms with van der Waals surface area (Å²) in [7, 11) is 1.69. The zero-order valence-electron chi connectivity index (χ0n) is 16.1. The van der Waals surface area contributed by atoms with Crippen LogP contribution >= 0.6 is 0 Å². The number of para-hydroxylation sites is 2. The first-order valence-electron chi connectivity index (χ1n) is 10.1. The first-order chi connectivity index (χ1) is 13.7. The third-order valence-corrected chi connectivity index (χ3v) is 6.56. The van der Waals surface area contributed by atoms with Gasteiger partial charge in [0, 0.05) is 48.3 Å². The van der Waals surface area contributed by atoms with Crippen LogP contribution in [-0.4, -0.2) is 48.3 Å². The largest absolute Gasteiger partial charge is 0.496 e. The van der Waals surface area contributed by atoms with Gasteiger partial charge in [0.1, 0.15) is 5.75 Å². The van der Waals surface area contributed by atoms with E-state index in [2.05, 4.69) is 23.1 Å². The van der Waals surface area contributed by atoms with Crippen LogP contribution in [0.4, 0.5) is 5.69 Å². The van der Waals surface area contributed by atoms with E-state index < -0.39 is 0 Å². The summed E-state index contributed by atoms with van der Waals surface area (Å²) in [5.41, 5.74) is 3.35. The number of aliphatic hydroxyl groups excluding tert-OH is 1. The second-order valence-corrected chi connectivity index (χ2v) is 8.11. The Morgan fingerprint density at radius 3 is 2.64 bits per heavy atom. The summed E-state index contributed by atoms with van der Waals surface area (Å²) in [6.07, 6.45) is 2.02. The van der Waals surface area contributed by atoms with Gasteiger partial charge in [-0.15, -0.1) is 0 Å². The molecule has 0 bridgehead atoms. The average Bonchev–Trinajstić information content (AvgIpc) is 3.57. The van der Waals surface area contributed by atoms with Gasteiger partial charge in [-0.1, -0.05) is 36.4 Å². The standard InChI is InChI=1S/C23H26N2O3/c1-28-21-9-5-2-6-16(21)12-24-19-13-25(23(27)15-10-11-15)18-8-4-3-7-17(18)22(19)20(24)14-26/h2-9,15,19-20,22,26H,10-14H2,1H3/t19-,20+,22+/m1/s1. The molecule has 146 valence electrons. The van der Waals surface area contributed by atoms with Gasteiger partial charge in [0.05, 0.1) is 13.7 Å². The molecule has 1 N–H and O–H groups in total. The molecule has 2 heterocycles. The Morgan fingerprint density at radius 2 is 1.89 bits per heavy atom. The predicted molar refractivity (Wildman–Crippen MR) is 107 cm³/mol. The number of benzene rings is 2. The fourth-order valence-electron chi connectivity index (χ4n) is 4.99. The summed E-state index contributed by atoms with van der Waals surface area (Å²) >= 11 is 0. The van der Waals surface area contributed by atoms with E-state index in [0.29, 0.717) is 13.1 Å². The smallest absolute Gasteiger partial charge is 0.230 e. The summed E-state index contributed by atoms with van der Waals surface area (Å²) in [4.78, 5) is 17.3. The van der Waals surface area contributed by atoms with Crippen molar-refractivity contribution in [3.8, 4) is 5.75 Å². The Bertz CT molecular complexity index is 895. The number of hydrogen-bond acceptors (Lipinski definition) is 4. The Morgan fingerprint density at radius 1 is 1.14 bits per heavy atom. The Balaban J connectivity index is 1.47. The third kappa shape index (κ3) is 2.73. The van der Waals surface area contributed by atoms with Crippen LogP contribution in [0.25, 0.3) is 0 Å². The Hall–Kier alpha value is -2.37. The molecule has 5 nitrogen and oxygen atoms in total. The van der Waals surface area contributed by atoms with Crippen LogP contribution in [0.15, 0.2) is 48.5 Å². The van der Waals surface area contributed by atoms with E-state index in [0.717, 1.165) is 29.8 Å². The van der Waals surface area contributed by atoms with Crippen molar-refractivity contribution in [1.29, 1.82) is 0 Å². The molecule has 2 aliphatic heterocycles. The number of nitrogens with zero attached hydrogens (tertiary/aromatic N) is 2. The third-order valence-electron chi connectivity index (χ3n) is 6.56. The number of hydrogen-bond donors (Lipinski definition) is 1. The molecule has 1 aliphatic carbocycles. The average molecular weight is 378 g/mol. The molecular weight excluding hydrogens is 352 g/mol. The lowest BCUT2D eigenvalue weighted by Gasteiger charge is -2.59. The van der Waals surface area contributed by atoms with Gasteiger partial charge < -0.3 is 14.7 Å². The zero-order chi connectivity index (χ0) is 19.3. The maximum atomic E-state index is 13.0. The number of carbonyl (C=O) groups excluding carboxylic acids is 1. The van der Waals surface area contributed by atoms with E-state index in [1.807, 2.05) is 35.2 Å². The molecule has 5 heteroatoms. The van der Waals surface area contributed by atoms with Crippen molar-refractivity contribution in [2.45, 2.75) is 37.4 Å². The molecule has 28 heavy (non-hydrogen) atoms. The van der Waals surface area contributed by atoms with Gasteiger partial charge in [-0.25, -0.2) is 0 Å². The van der Waals surface area contributed by atoms with E-state index in [4.69, 9.17) is 4.74 Å². The summed E-state index contributed by atoms with van der Waals surface area (Å²) in [5, 5.41) is 10.1. The van der Waals surface area contributed by atoms with Gasteiger partial charge >= 0.3 is 0 Å². The molecule has 0 unspecified atom stereocenters. The highest BCUT2D eigenvalue weighted by molar-refractivity contribution is 5.98. The number of amides is 1. The summed E-state index contributed by atoms with van der Waals surface area (Å²) in [6, 6.07) is 16.5. The topological polar surface area (TPSA) is 53.0 Å². The quantitative estimate of drug-likeness (QED) is 0.869. The van der Waals surface area contributed by atoms with Gasteiger partial charge in [-0.05, 0) is 30.5 Å². The van der Waals surface area contributed by atoms with Gasteiger partial charge in [-0.3, -0.25) is 9.69 Å². The van der Waals surface area contributed by atoms with Crippen molar-refractivity contribution in [2.24, 2.45) is 5.92 Å². The molecule has 5 rings (SSSR count). The zero-order valence-corrected chi connectivity index (χ0v) is 16.1. The number of aliphatic hydroxyl groups is 1. The Kier molecular flexibility index (Phi) is 4.37. The number of ether oxygens (including phenoxy) is 1. The highest BCUT2D eigenvalue weighted by Crippen LogP contribution is 2.50. The molecule has 2 aromatic rings. The second-order valence-electron chi connectivity index (χ2n) is 8.11. The predicted octanol–water partition coefficient (Wildman–Crippen LogP) is 2.78. The van der Waals surface area contributed by atoms with Gasteiger partial charge in [0.2, 0.25) is 5.91 Å². The molecule has 0 radical (unpaired) electrons. The Labute approximate surface area is 165 Å². The first kappa shape index (κ1) is 17.7. The van der Waals surface area contributed by atoms with E-state index in [-0.39, 0.29) is 36.4 Å². The highest BCUT2D eigenvalue weighted by Gasteiger charge is 2.53. The highest BCUT2D eigenvalue weighted by atomic mass is 16.5. The molecule has 3 aliphatic rings. The van der Waals surface area contributed by atoms with Crippen molar-refractivity contribution in [3.05, 3.63) is 59.7 Å². The first-order valence-corrected chi connectivity index (χ1v) is 10.1. The number of anilines is 1. The van der Waals surface area contributed by atoms with Crippen LogP contribution in [0.3, 0.4) is 0 Å². The maximum Gasteiger partial charge on any atom is 0.230 e. The van der Waals surface area contributed by atoms with Crippen LogP contribution in [0, 0.1) is 5.92 Å². The van der Waals surface area contributed by atoms with E-state index in [9.17, 15) is 9.90 Å². The fraction of sp³-hybridized carbons (Fsp3) is 0.435. The van der Waals surface area contributed by atoms with Crippen LogP contribution in [-0.2, 0) is 11.3 Å². The minimum Gasteiger partial charge on any atom is -0.496 e. The fourth-order valence-corrected chi connectivity index (χ4v) is 4.99. The van der Waals surface area contributed by atoms with Gasteiger partial charge in [-0.2, -0.15) is 0 Å². The lowest BCUT2D eigenvalue weighted by molar-refractivity contribution is -0.121. The van der Waals surface area contributed by atoms with E-state index in [1.165, 1.54) is 5.56 Å². The van der Waals surface area contributed by atoms with Crippen LogP contribution in [0.5, 0.6) is 5.75 Å². The number of rotatable bonds is 5. The van der Waals surface area contributed by atoms with Crippen molar-refractivity contribution in [1.82, 2.24) is 4.90 Å². The molecule has 2 fully saturated rings. The minimum absolute atomic E-state index is 0.0641. The summed E-state index contributed by atoms with van der Waals surface area (Å²) in [5.74, 6) is 1.58. The lowest BCUT2D eigenvalue weighted by atomic mass is 9.71. The SMILES string of the molecule is COc1ccccc1CN1[C@@H]2CN(C(=O)C3CC3)c3ccccc3[C@@H]2[C@@H]1CO. The van der Waals surface area contributed by atoms with Gasteiger partial charge in [0.25, 0.3) is 0 Å². The van der Waals surface area contributed by atoms with Crippen LogP contribution < -0.4 is 9.64 Å². The normalized spacial score (nSPS) is 26.2. The molecule has 2 aromatic carbocycles. The molecule has 0 spiro atoms. The van der Waals surface area contributed by atoms with E-state index >= 15 is 0 Å². The minimum atomic E-state index is 0.0641. The van der Waals surface area contributed by atoms with Gasteiger partial charge in [0.15, 0.2) is 0 Å².